The molecule has 1 aromatic heterocycles. The first kappa shape index (κ1) is 13.6. The predicted molar refractivity (Wildman–Crippen MR) is 89.7 cm³/mol. The van der Waals surface area contributed by atoms with E-state index in [2.05, 4.69) is 73.5 Å². The number of pyridine rings is 1. The molecule has 21 heavy (non-hydrogen) atoms. The quantitative estimate of drug-likeness (QED) is 0.726. The van der Waals surface area contributed by atoms with E-state index in [1.807, 2.05) is 12.3 Å². The van der Waals surface area contributed by atoms with E-state index in [0.717, 1.165) is 16.6 Å². The summed E-state index contributed by atoms with van der Waals surface area (Å²) in [5.74, 6) is 0. The molecule has 0 spiro atoms. The minimum absolute atomic E-state index is 0.276. The molecule has 0 fully saturated rings. The molecule has 0 amide bonds. The van der Waals surface area contributed by atoms with Gasteiger partial charge in [0.15, 0.2) is 0 Å². The fourth-order valence-corrected chi connectivity index (χ4v) is 2.76. The Bertz CT molecular complexity index is 757. The molecule has 3 aromatic rings. The maximum atomic E-state index is 4.36. The Hall–Kier alpha value is -2.35. The smallest absolute Gasteiger partial charge is 0.0703 e. The van der Waals surface area contributed by atoms with Gasteiger partial charge in [0.05, 0.1) is 5.52 Å². The molecule has 3 rings (SSSR count). The first-order chi connectivity index (χ1) is 10.1. The maximum absolute atomic E-state index is 4.36. The van der Waals surface area contributed by atoms with Crippen LogP contribution in [0.4, 0.5) is 5.69 Å². The zero-order valence-corrected chi connectivity index (χ0v) is 12.7. The van der Waals surface area contributed by atoms with Gasteiger partial charge >= 0.3 is 0 Å². The van der Waals surface area contributed by atoms with Crippen LogP contribution < -0.4 is 5.32 Å². The van der Waals surface area contributed by atoms with Crippen LogP contribution >= 0.6 is 0 Å². The minimum Gasteiger partial charge on any atom is -0.379 e. The Morgan fingerprint density at radius 3 is 2.48 bits per heavy atom. The van der Waals surface area contributed by atoms with Crippen molar-refractivity contribution in [2.45, 2.75) is 26.8 Å². The van der Waals surface area contributed by atoms with E-state index < -0.39 is 0 Å². The van der Waals surface area contributed by atoms with E-state index >= 15 is 0 Å². The van der Waals surface area contributed by atoms with Gasteiger partial charge in [-0.05, 0) is 50.6 Å². The fraction of sp³-hybridized carbons (Fsp3) is 0.211. The molecule has 106 valence electrons. The van der Waals surface area contributed by atoms with E-state index in [1.54, 1.807) is 0 Å². The van der Waals surface area contributed by atoms with Gasteiger partial charge in [-0.15, -0.1) is 0 Å². The van der Waals surface area contributed by atoms with Crippen molar-refractivity contribution >= 4 is 16.6 Å². The van der Waals surface area contributed by atoms with Crippen LogP contribution in [0.2, 0.25) is 0 Å². The van der Waals surface area contributed by atoms with Crippen LogP contribution in [0.5, 0.6) is 0 Å². The number of hydrogen-bond acceptors (Lipinski definition) is 2. The van der Waals surface area contributed by atoms with Crippen LogP contribution in [-0.4, -0.2) is 4.98 Å². The lowest BCUT2D eigenvalue weighted by atomic mass is 10.0. The molecule has 0 radical (unpaired) electrons. The minimum atomic E-state index is 0.276. The number of hydrogen-bond donors (Lipinski definition) is 1. The number of rotatable bonds is 3. The lowest BCUT2D eigenvalue weighted by Gasteiger charge is -2.17. The molecule has 0 bridgehead atoms. The first-order valence-electron chi connectivity index (χ1n) is 7.31. The second-order valence-corrected chi connectivity index (χ2v) is 5.70. The van der Waals surface area contributed by atoms with Crippen molar-refractivity contribution in [3.8, 4) is 0 Å². The van der Waals surface area contributed by atoms with Gasteiger partial charge < -0.3 is 5.32 Å². The van der Waals surface area contributed by atoms with E-state index in [4.69, 9.17) is 0 Å². The van der Waals surface area contributed by atoms with Gasteiger partial charge in [0, 0.05) is 23.3 Å². The molecule has 1 N–H and O–H groups in total. The summed E-state index contributed by atoms with van der Waals surface area (Å²) in [6.45, 7) is 6.48. The van der Waals surface area contributed by atoms with E-state index in [-0.39, 0.29) is 6.04 Å². The first-order valence-corrected chi connectivity index (χ1v) is 7.31. The van der Waals surface area contributed by atoms with Crippen LogP contribution in [0, 0.1) is 13.8 Å². The average molecular weight is 276 g/mol. The lowest BCUT2D eigenvalue weighted by Crippen LogP contribution is -2.07. The summed E-state index contributed by atoms with van der Waals surface area (Å²) in [6.07, 6.45) is 1.83. The predicted octanol–water partition coefficient (Wildman–Crippen LogP) is 5.02. The van der Waals surface area contributed by atoms with Crippen molar-refractivity contribution in [2.24, 2.45) is 0 Å². The molecule has 1 atom stereocenters. The zero-order chi connectivity index (χ0) is 14.8. The standard InChI is InChI=1S/C19H20N2/c1-13-9-14(2)11-17(10-13)15(3)21-18-6-7-19-16(12-18)5-4-8-20-19/h4-12,15,21H,1-3H3. The van der Waals surface area contributed by atoms with Gasteiger partial charge in [0.2, 0.25) is 0 Å². The summed E-state index contributed by atoms with van der Waals surface area (Å²) in [6, 6.07) is 17.3. The molecule has 0 saturated heterocycles. The molecule has 2 aromatic carbocycles. The number of aromatic nitrogens is 1. The number of anilines is 1. The summed E-state index contributed by atoms with van der Waals surface area (Å²) in [5.41, 5.74) is 6.09. The van der Waals surface area contributed by atoms with Gasteiger partial charge in [0.1, 0.15) is 0 Å². The monoisotopic (exact) mass is 276 g/mol. The Morgan fingerprint density at radius 1 is 0.952 bits per heavy atom. The molecule has 0 aliphatic rings. The van der Waals surface area contributed by atoms with Gasteiger partial charge in [0.25, 0.3) is 0 Å². The van der Waals surface area contributed by atoms with E-state index in [0.29, 0.717) is 0 Å². The van der Waals surface area contributed by atoms with Gasteiger partial charge in [-0.3, -0.25) is 4.98 Å². The third kappa shape index (κ3) is 3.05. The topological polar surface area (TPSA) is 24.9 Å². The highest BCUT2D eigenvalue weighted by Gasteiger charge is 2.07. The van der Waals surface area contributed by atoms with Gasteiger partial charge in [-0.2, -0.15) is 0 Å². The average Bonchev–Trinajstić information content (AvgIpc) is 2.46. The highest BCUT2D eigenvalue weighted by atomic mass is 14.9. The van der Waals surface area contributed by atoms with Crippen molar-refractivity contribution in [1.82, 2.24) is 4.98 Å². The van der Waals surface area contributed by atoms with Crippen LogP contribution in [0.1, 0.15) is 29.7 Å². The molecule has 0 aliphatic carbocycles. The molecular weight excluding hydrogens is 256 g/mol. The Balaban J connectivity index is 1.86. The van der Waals surface area contributed by atoms with Crippen LogP contribution in [-0.2, 0) is 0 Å². The Morgan fingerprint density at radius 2 is 1.71 bits per heavy atom. The van der Waals surface area contributed by atoms with Crippen molar-refractivity contribution in [1.29, 1.82) is 0 Å². The number of nitrogens with one attached hydrogen (secondary N) is 1. The van der Waals surface area contributed by atoms with Crippen molar-refractivity contribution in [3.05, 3.63) is 71.4 Å². The van der Waals surface area contributed by atoms with Crippen molar-refractivity contribution < 1.29 is 0 Å². The second kappa shape index (κ2) is 5.57. The van der Waals surface area contributed by atoms with Crippen LogP contribution in [0.25, 0.3) is 10.9 Å². The molecule has 2 heteroatoms. The van der Waals surface area contributed by atoms with Gasteiger partial charge in [-0.1, -0.05) is 35.4 Å². The number of nitrogens with zero attached hydrogens (tertiary/aromatic N) is 1. The fourth-order valence-electron chi connectivity index (χ4n) is 2.76. The number of benzene rings is 2. The van der Waals surface area contributed by atoms with Crippen molar-refractivity contribution in [3.63, 3.8) is 0 Å². The SMILES string of the molecule is Cc1cc(C)cc(C(C)Nc2ccc3ncccc3c2)c1. The summed E-state index contributed by atoms with van der Waals surface area (Å²) < 4.78 is 0. The van der Waals surface area contributed by atoms with Crippen LogP contribution in [0.15, 0.2) is 54.7 Å². The number of fused-ring (bicyclic) bond motifs is 1. The second-order valence-electron chi connectivity index (χ2n) is 5.70. The highest BCUT2D eigenvalue weighted by molar-refractivity contribution is 5.82. The highest BCUT2D eigenvalue weighted by Crippen LogP contribution is 2.23. The molecule has 1 unspecified atom stereocenters. The summed E-state index contributed by atoms with van der Waals surface area (Å²) in [5, 5.41) is 4.74. The maximum Gasteiger partial charge on any atom is 0.0703 e. The third-order valence-corrected chi connectivity index (χ3v) is 3.73. The zero-order valence-electron chi connectivity index (χ0n) is 12.7. The van der Waals surface area contributed by atoms with Crippen molar-refractivity contribution in [2.75, 3.05) is 5.32 Å². The third-order valence-electron chi connectivity index (χ3n) is 3.73. The van der Waals surface area contributed by atoms with E-state index in [1.165, 1.54) is 16.7 Å². The Labute approximate surface area is 125 Å². The summed E-state index contributed by atoms with van der Waals surface area (Å²) >= 11 is 0. The summed E-state index contributed by atoms with van der Waals surface area (Å²) in [4.78, 5) is 4.36. The molecular formula is C19H20N2. The van der Waals surface area contributed by atoms with Gasteiger partial charge in [-0.25, -0.2) is 0 Å². The van der Waals surface area contributed by atoms with Crippen LogP contribution in [0.3, 0.4) is 0 Å². The molecule has 0 saturated carbocycles. The summed E-state index contributed by atoms with van der Waals surface area (Å²) in [7, 11) is 0. The largest absolute Gasteiger partial charge is 0.379 e. The number of aryl methyl sites for hydroxylation is 2. The molecule has 1 heterocycles. The normalized spacial score (nSPS) is 12.3. The van der Waals surface area contributed by atoms with E-state index in [9.17, 15) is 0 Å². The lowest BCUT2D eigenvalue weighted by molar-refractivity contribution is 0.881. The molecule has 0 aliphatic heterocycles. The Kier molecular flexibility index (Phi) is 3.61. The molecule has 2 nitrogen and oxygen atoms in total.